The van der Waals surface area contributed by atoms with Crippen molar-refractivity contribution in [2.75, 3.05) is 6.61 Å². The molecular weight excluding hydrogens is 406 g/mol. The molecule has 0 atom stereocenters. The molecule has 1 N–H and O–H groups in total. The molecule has 2 aromatic carbocycles. The molecule has 1 amide bonds. The second-order valence-electron chi connectivity index (χ2n) is 7.82. The van der Waals surface area contributed by atoms with Gasteiger partial charge in [-0.2, -0.15) is 5.10 Å². The second kappa shape index (κ2) is 11.2. The van der Waals surface area contributed by atoms with Gasteiger partial charge in [0, 0.05) is 18.5 Å². The molecule has 1 heterocycles. The number of nitrogens with zero attached hydrogens (tertiary/aromatic N) is 2. The molecular formula is C25H29N3O4. The molecule has 3 rings (SSSR count). The third-order valence-corrected chi connectivity index (χ3v) is 5.23. The first-order valence-corrected chi connectivity index (χ1v) is 11.0. The summed E-state index contributed by atoms with van der Waals surface area (Å²) in [6.45, 7) is 4.47. The van der Waals surface area contributed by atoms with E-state index in [0.717, 1.165) is 36.8 Å². The number of carbonyl (C=O) groups excluding carboxylic acids is 2. The summed E-state index contributed by atoms with van der Waals surface area (Å²) in [6, 6.07) is 14.6. The van der Waals surface area contributed by atoms with E-state index in [0.29, 0.717) is 23.9 Å². The molecule has 3 aromatic rings. The topological polar surface area (TPSA) is 90.3 Å². The lowest BCUT2D eigenvalue weighted by atomic mass is 10.1. The van der Waals surface area contributed by atoms with Crippen LogP contribution in [0.1, 0.15) is 54.2 Å². The Kier molecular flexibility index (Phi) is 8.14. The minimum atomic E-state index is -0.728. The number of aryl methyl sites for hydroxylation is 2. The van der Waals surface area contributed by atoms with Gasteiger partial charge in [-0.1, -0.05) is 74.2 Å². The Hall–Kier alpha value is -3.48. The zero-order chi connectivity index (χ0) is 22.9. The Bertz CT molecular complexity index is 1140. The minimum absolute atomic E-state index is 0.0435. The number of hydrogen-bond donors (Lipinski definition) is 1. The largest absolute Gasteiger partial charge is 0.451 e. The molecule has 0 spiro atoms. The molecule has 0 fully saturated rings. The number of amides is 1. The summed E-state index contributed by atoms with van der Waals surface area (Å²) < 4.78 is 6.54. The molecule has 0 bridgehead atoms. The predicted octanol–water partition coefficient (Wildman–Crippen LogP) is 3.76. The Morgan fingerprint density at radius 2 is 1.72 bits per heavy atom. The van der Waals surface area contributed by atoms with Crippen molar-refractivity contribution < 1.29 is 14.3 Å². The van der Waals surface area contributed by atoms with E-state index in [1.54, 1.807) is 24.3 Å². The third kappa shape index (κ3) is 6.03. The van der Waals surface area contributed by atoms with Gasteiger partial charge < -0.3 is 10.1 Å². The van der Waals surface area contributed by atoms with Gasteiger partial charge in [0.1, 0.15) is 0 Å². The van der Waals surface area contributed by atoms with E-state index in [2.05, 4.69) is 17.3 Å². The van der Waals surface area contributed by atoms with Crippen molar-refractivity contribution >= 4 is 22.6 Å². The summed E-state index contributed by atoms with van der Waals surface area (Å²) in [4.78, 5) is 37.6. The van der Waals surface area contributed by atoms with Gasteiger partial charge in [-0.05, 0) is 25.0 Å². The number of unbranched alkanes of at least 4 members (excludes halogenated alkanes) is 3. The van der Waals surface area contributed by atoms with Crippen molar-refractivity contribution in [3.63, 3.8) is 0 Å². The number of ether oxygens (including phenoxy) is 1. The van der Waals surface area contributed by atoms with Gasteiger partial charge in [0.15, 0.2) is 12.3 Å². The molecule has 0 aliphatic heterocycles. The SMILES string of the molecule is CCCCCCn1nc(C(=O)OCC(=O)NCc2ccc(C)cc2)c2ccccc2c1=O. The smallest absolute Gasteiger partial charge is 0.359 e. The summed E-state index contributed by atoms with van der Waals surface area (Å²) in [6.07, 6.45) is 3.95. The van der Waals surface area contributed by atoms with E-state index in [9.17, 15) is 14.4 Å². The van der Waals surface area contributed by atoms with Crippen LogP contribution in [0, 0.1) is 6.92 Å². The first kappa shape index (κ1) is 23.2. The van der Waals surface area contributed by atoms with Crippen molar-refractivity contribution in [2.24, 2.45) is 0 Å². The molecule has 1 aromatic heterocycles. The normalized spacial score (nSPS) is 10.8. The van der Waals surface area contributed by atoms with E-state index >= 15 is 0 Å². The van der Waals surface area contributed by atoms with Gasteiger partial charge in [-0.15, -0.1) is 0 Å². The van der Waals surface area contributed by atoms with E-state index in [4.69, 9.17) is 4.74 Å². The predicted molar refractivity (Wildman–Crippen MR) is 123 cm³/mol. The quantitative estimate of drug-likeness (QED) is 0.387. The van der Waals surface area contributed by atoms with Crippen LogP contribution in [0.15, 0.2) is 53.3 Å². The van der Waals surface area contributed by atoms with Crippen molar-refractivity contribution in [1.82, 2.24) is 15.1 Å². The summed E-state index contributed by atoms with van der Waals surface area (Å²) in [7, 11) is 0. The number of fused-ring (bicyclic) bond motifs is 1. The van der Waals surface area contributed by atoms with Gasteiger partial charge in [-0.25, -0.2) is 9.48 Å². The number of hydrogen-bond acceptors (Lipinski definition) is 5. The zero-order valence-electron chi connectivity index (χ0n) is 18.6. The number of rotatable bonds is 10. The van der Waals surface area contributed by atoms with Crippen LogP contribution < -0.4 is 10.9 Å². The number of aromatic nitrogens is 2. The number of benzene rings is 2. The van der Waals surface area contributed by atoms with Gasteiger partial charge in [0.2, 0.25) is 0 Å². The Morgan fingerprint density at radius 3 is 2.44 bits per heavy atom. The highest BCUT2D eigenvalue weighted by Crippen LogP contribution is 2.15. The van der Waals surface area contributed by atoms with Gasteiger partial charge in [0.25, 0.3) is 11.5 Å². The molecule has 0 saturated heterocycles. The maximum absolute atomic E-state index is 12.8. The molecule has 7 heteroatoms. The van der Waals surface area contributed by atoms with Crippen molar-refractivity contribution in [3.05, 3.63) is 75.7 Å². The second-order valence-corrected chi connectivity index (χ2v) is 7.82. The molecule has 32 heavy (non-hydrogen) atoms. The Morgan fingerprint density at radius 1 is 1.00 bits per heavy atom. The highest BCUT2D eigenvalue weighted by molar-refractivity contribution is 6.02. The molecule has 168 valence electrons. The highest BCUT2D eigenvalue weighted by atomic mass is 16.5. The maximum Gasteiger partial charge on any atom is 0.359 e. The molecule has 0 aliphatic carbocycles. The zero-order valence-corrected chi connectivity index (χ0v) is 18.6. The molecule has 0 aliphatic rings. The van der Waals surface area contributed by atoms with E-state index in [1.165, 1.54) is 4.68 Å². The lowest BCUT2D eigenvalue weighted by molar-refractivity contribution is -0.124. The highest BCUT2D eigenvalue weighted by Gasteiger charge is 2.19. The number of nitrogens with one attached hydrogen (secondary N) is 1. The fourth-order valence-electron chi connectivity index (χ4n) is 3.38. The maximum atomic E-state index is 12.8. The summed E-state index contributed by atoms with van der Waals surface area (Å²) in [5, 5.41) is 7.84. The Balaban J connectivity index is 1.68. The van der Waals surface area contributed by atoms with Crippen LogP contribution in [0.2, 0.25) is 0 Å². The lowest BCUT2D eigenvalue weighted by Crippen LogP contribution is -2.30. The van der Waals surface area contributed by atoms with Gasteiger partial charge in [0.05, 0.1) is 5.39 Å². The lowest BCUT2D eigenvalue weighted by Gasteiger charge is -2.11. The van der Waals surface area contributed by atoms with Crippen LogP contribution in [-0.2, 0) is 22.6 Å². The van der Waals surface area contributed by atoms with Gasteiger partial charge >= 0.3 is 5.97 Å². The first-order valence-electron chi connectivity index (χ1n) is 11.0. The summed E-state index contributed by atoms with van der Waals surface area (Å²) in [5.41, 5.74) is 1.91. The summed E-state index contributed by atoms with van der Waals surface area (Å²) >= 11 is 0. The molecule has 0 radical (unpaired) electrons. The number of esters is 1. The van der Waals surface area contributed by atoms with E-state index < -0.39 is 18.5 Å². The fraction of sp³-hybridized carbons (Fsp3) is 0.360. The van der Waals surface area contributed by atoms with Crippen LogP contribution >= 0.6 is 0 Å². The van der Waals surface area contributed by atoms with Gasteiger partial charge in [-0.3, -0.25) is 9.59 Å². The molecule has 7 nitrogen and oxygen atoms in total. The van der Waals surface area contributed by atoms with Crippen LogP contribution in [0.4, 0.5) is 0 Å². The van der Waals surface area contributed by atoms with Crippen LogP contribution in [0.3, 0.4) is 0 Å². The first-order chi connectivity index (χ1) is 15.5. The average Bonchev–Trinajstić information content (AvgIpc) is 2.81. The minimum Gasteiger partial charge on any atom is -0.451 e. The monoisotopic (exact) mass is 435 g/mol. The van der Waals surface area contributed by atoms with E-state index in [1.807, 2.05) is 31.2 Å². The third-order valence-electron chi connectivity index (χ3n) is 5.23. The molecule has 0 saturated carbocycles. The fourth-order valence-corrected chi connectivity index (χ4v) is 3.38. The number of carbonyl (C=O) groups is 2. The van der Waals surface area contributed by atoms with Crippen LogP contribution in [0.5, 0.6) is 0 Å². The molecule has 0 unspecified atom stereocenters. The average molecular weight is 436 g/mol. The Labute approximate surface area is 187 Å². The van der Waals surface area contributed by atoms with Crippen molar-refractivity contribution in [1.29, 1.82) is 0 Å². The summed E-state index contributed by atoms with van der Waals surface area (Å²) in [5.74, 6) is -1.13. The van der Waals surface area contributed by atoms with Crippen molar-refractivity contribution in [3.8, 4) is 0 Å². The standard InChI is InChI=1S/C25H29N3O4/c1-3-4-5-8-15-28-24(30)21-10-7-6-9-20(21)23(27-28)25(31)32-17-22(29)26-16-19-13-11-18(2)12-14-19/h6-7,9-14H,3-5,8,15-17H2,1-2H3,(H,26,29). The van der Waals surface area contributed by atoms with Crippen LogP contribution in [-0.4, -0.2) is 28.3 Å². The van der Waals surface area contributed by atoms with Crippen LogP contribution in [0.25, 0.3) is 10.8 Å². The van der Waals surface area contributed by atoms with E-state index in [-0.39, 0.29) is 11.3 Å². The van der Waals surface area contributed by atoms with Crippen molar-refractivity contribution in [2.45, 2.75) is 52.6 Å².